The lowest BCUT2D eigenvalue weighted by molar-refractivity contribution is 0.561. The standard InChI is InChI=1S/C2N2O4S.C2H6/c5-1-3-9(7,8)4-2-6;1-2/h;1-2H3. The molecule has 11 heavy (non-hydrogen) atoms. The SMILES string of the molecule is CC.O=C=NS(=O)(=O)N=C=O. The highest BCUT2D eigenvalue weighted by Crippen LogP contribution is 1.87. The fourth-order valence-electron chi connectivity index (χ4n) is 0.115. The van der Waals surface area contributed by atoms with E-state index in [1.807, 2.05) is 13.8 Å². The molecule has 0 radical (unpaired) electrons. The number of carbonyl (C=O) groups excluding carboxylic acids is 2. The molecule has 0 aromatic heterocycles. The van der Waals surface area contributed by atoms with Crippen molar-refractivity contribution in [1.29, 1.82) is 0 Å². The van der Waals surface area contributed by atoms with E-state index in [0.717, 1.165) is 0 Å². The normalized spacial score (nSPS) is 7.82. The molecule has 0 fully saturated rings. The highest BCUT2D eigenvalue weighted by molar-refractivity contribution is 7.89. The van der Waals surface area contributed by atoms with E-state index in [4.69, 9.17) is 0 Å². The summed E-state index contributed by atoms with van der Waals surface area (Å²) in [4.78, 5) is 18.5. The summed E-state index contributed by atoms with van der Waals surface area (Å²) in [6.45, 7) is 4.00. The van der Waals surface area contributed by atoms with Crippen LogP contribution in [0.1, 0.15) is 13.8 Å². The number of hydrogen-bond donors (Lipinski definition) is 0. The Morgan fingerprint density at radius 2 is 1.27 bits per heavy atom. The van der Waals surface area contributed by atoms with Crippen LogP contribution in [0.3, 0.4) is 0 Å². The molecule has 0 N–H and O–H groups in total. The van der Waals surface area contributed by atoms with Gasteiger partial charge in [-0.2, -0.15) is 8.42 Å². The van der Waals surface area contributed by atoms with Gasteiger partial charge in [-0.3, -0.25) is 0 Å². The summed E-state index contributed by atoms with van der Waals surface area (Å²) in [5.74, 6) is 0. The van der Waals surface area contributed by atoms with E-state index in [-0.39, 0.29) is 0 Å². The van der Waals surface area contributed by atoms with Gasteiger partial charge >= 0.3 is 10.2 Å². The van der Waals surface area contributed by atoms with Gasteiger partial charge in [-0.1, -0.05) is 22.6 Å². The van der Waals surface area contributed by atoms with Crippen LogP contribution in [0.5, 0.6) is 0 Å². The molecule has 0 saturated carbocycles. The topological polar surface area (TPSA) is 93.0 Å². The molecule has 0 saturated heterocycles. The largest absolute Gasteiger partial charge is 0.383 e. The van der Waals surface area contributed by atoms with Crippen LogP contribution in [0, 0.1) is 0 Å². The fraction of sp³-hybridized carbons (Fsp3) is 0.500. The Bertz CT molecular complexity index is 257. The maximum Gasteiger partial charge on any atom is 0.383 e. The zero-order valence-corrected chi connectivity index (χ0v) is 6.75. The highest BCUT2D eigenvalue weighted by Gasteiger charge is 2.00. The molecule has 0 aliphatic heterocycles. The Labute approximate surface area is 63.8 Å². The van der Waals surface area contributed by atoms with Gasteiger partial charge in [-0.05, 0) is 0 Å². The molecule has 0 rings (SSSR count). The minimum Gasteiger partial charge on any atom is -0.210 e. The van der Waals surface area contributed by atoms with Crippen LogP contribution < -0.4 is 0 Å². The molecule has 0 aliphatic carbocycles. The Kier molecular flexibility index (Phi) is 7.69. The van der Waals surface area contributed by atoms with Crippen LogP contribution in [0.4, 0.5) is 0 Å². The van der Waals surface area contributed by atoms with Crippen molar-refractivity contribution in [1.82, 2.24) is 0 Å². The third-order valence-electron chi connectivity index (χ3n) is 0.305. The molecule has 0 spiro atoms. The maximum atomic E-state index is 9.97. The van der Waals surface area contributed by atoms with E-state index in [2.05, 4.69) is 8.80 Å². The molecule has 0 aliphatic rings. The van der Waals surface area contributed by atoms with Gasteiger partial charge in [0.15, 0.2) is 0 Å². The van der Waals surface area contributed by atoms with Crippen LogP contribution in [-0.2, 0) is 19.8 Å². The maximum absolute atomic E-state index is 9.97. The number of isocyanates is 2. The Hall–Kier alpha value is -1.29. The van der Waals surface area contributed by atoms with Gasteiger partial charge in [-0.15, -0.1) is 0 Å². The molecular formula is C4H6N2O4S. The highest BCUT2D eigenvalue weighted by atomic mass is 32.2. The van der Waals surface area contributed by atoms with E-state index in [9.17, 15) is 18.0 Å². The van der Waals surface area contributed by atoms with Crippen molar-refractivity contribution in [2.24, 2.45) is 8.80 Å². The third kappa shape index (κ3) is 8.71. The second-order valence-electron chi connectivity index (χ2n) is 0.813. The van der Waals surface area contributed by atoms with Crippen LogP contribution >= 0.6 is 0 Å². The molecule has 6 nitrogen and oxygen atoms in total. The van der Waals surface area contributed by atoms with Crippen LogP contribution in [0.25, 0.3) is 0 Å². The minimum absolute atomic E-state index is 0.707. The van der Waals surface area contributed by atoms with Crippen LogP contribution in [-0.4, -0.2) is 20.6 Å². The van der Waals surface area contributed by atoms with E-state index in [1.54, 1.807) is 0 Å². The lowest BCUT2D eigenvalue weighted by atomic mass is 11.0. The predicted octanol–water partition coefficient (Wildman–Crippen LogP) is -0.0710. The lowest BCUT2D eigenvalue weighted by Crippen LogP contribution is -1.86. The molecule has 0 bridgehead atoms. The fourth-order valence-corrected chi connectivity index (χ4v) is 0.344. The summed E-state index contributed by atoms with van der Waals surface area (Å²) in [6.07, 6.45) is 1.41. The molecular weight excluding hydrogens is 172 g/mol. The molecule has 0 amide bonds. The van der Waals surface area contributed by atoms with Crippen LogP contribution in [0.15, 0.2) is 8.80 Å². The first-order valence-corrected chi connectivity index (χ1v) is 3.95. The first-order chi connectivity index (χ1) is 5.12. The van der Waals surface area contributed by atoms with Crippen molar-refractivity contribution in [3.05, 3.63) is 0 Å². The second-order valence-corrected chi connectivity index (χ2v) is 2.07. The number of hydrogen-bond acceptors (Lipinski definition) is 4. The monoisotopic (exact) mass is 178 g/mol. The van der Waals surface area contributed by atoms with Crippen molar-refractivity contribution < 1.29 is 18.0 Å². The van der Waals surface area contributed by atoms with Gasteiger partial charge in [0.05, 0.1) is 0 Å². The smallest absolute Gasteiger partial charge is 0.210 e. The van der Waals surface area contributed by atoms with E-state index >= 15 is 0 Å². The van der Waals surface area contributed by atoms with Gasteiger partial charge in [-0.25, -0.2) is 9.59 Å². The Morgan fingerprint density at radius 3 is 1.45 bits per heavy atom. The zero-order chi connectivity index (χ0) is 9.33. The van der Waals surface area contributed by atoms with Crippen molar-refractivity contribution >= 4 is 22.4 Å². The third-order valence-corrected chi connectivity index (χ3v) is 0.916. The zero-order valence-electron chi connectivity index (χ0n) is 5.94. The summed E-state index contributed by atoms with van der Waals surface area (Å²) in [5, 5.41) is 0. The van der Waals surface area contributed by atoms with E-state index in [0.29, 0.717) is 12.2 Å². The summed E-state index contributed by atoms with van der Waals surface area (Å²) in [5.41, 5.74) is 0. The number of rotatable bonds is 2. The van der Waals surface area contributed by atoms with Crippen molar-refractivity contribution in [3.8, 4) is 0 Å². The predicted molar refractivity (Wildman–Crippen MR) is 36.5 cm³/mol. The summed E-state index contributed by atoms with van der Waals surface area (Å²) >= 11 is 0. The first kappa shape index (κ1) is 12.4. The average Bonchev–Trinajstić information content (AvgIpc) is 1.91. The molecule has 0 heterocycles. The van der Waals surface area contributed by atoms with Gasteiger partial charge in [0.1, 0.15) is 0 Å². The molecule has 7 heteroatoms. The second kappa shape index (κ2) is 6.82. The van der Waals surface area contributed by atoms with Crippen molar-refractivity contribution in [3.63, 3.8) is 0 Å². The quantitative estimate of drug-likeness (QED) is 0.437. The molecule has 0 unspecified atom stereocenters. The first-order valence-electron chi connectivity index (χ1n) is 2.55. The Balaban J connectivity index is 0. The van der Waals surface area contributed by atoms with Crippen molar-refractivity contribution in [2.45, 2.75) is 13.8 Å². The van der Waals surface area contributed by atoms with E-state index < -0.39 is 10.2 Å². The minimum atomic E-state index is -4.28. The molecule has 0 aromatic carbocycles. The van der Waals surface area contributed by atoms with Gasteiger partial charge < -0.3 is 0 Å². The van der Waals surface area contributed by atoms with Gasteiger partial charge in [0, 0.05) is 0 Å². The average molecular weight is 178 g/mol. The molecule has 0 atom stereocenters. The van der Waals surface area contributed by atoms with E-state index in [1.165, 1.54) is 0 Å². The van der Waals surface area contributed by atoms with Crippen LogP contribution in [0.2, 0.25) is 0 Å². The van der Waals surface area contributed by atoms with Gasteiger partial charge in [0.2, 0.25) is 0 Å². The number of nitrogens with zero attached hydrogens (tertiary/aromatic N) is 2. The summed E-state index contributed by atoms with van der Waals surface area (Å²) in [6, 6.07) is 0. The molecule has 62 valence electrons. The molecule has 0 aromatic rings. The lowest BCUT2D eigenvalue weighted by Gasteiger charge is -1.72. The van der Waals surface area contributed by atoms with Crippen molar-refractivity contribution in [2.75, 3.05) is 0 Å². The summed E-state index contributed by atoms with van der Waals surface area (Å²) < 4.78 is 24.3. The summed E-state index contributed by atoms with van der Waals surface area (Å²) in [7, 11) is -4.28. The van der Waals surface area contributed by atoms with Gasteiger partial charge in [0.25, 0.3) is 12.2 Å². The Morgan fingerprint density at radius 1 is 1.00 bits per heavy atom.